The summed E-state index contributed by atoms with van der Waals surface area (Å²) in [5.41, 5.74) is 1.19. The van der Waals surface area contributed by atoms with Gasteiger partial charge in [-0.25, -0.2) is 8.78 Å². The Morgan fingerprint density at radius 3 is 1.85 bits per heavy atom. The maximum absolute atomic E-state index is 14.4. The lowest BCUT2D eigenvalue weighted by Crippen LogP contribution is -2.25. The lowest BCUT2D eigenvalue weighted by molar-refractivity contribution is 0.156. The first kappa shape index (κ1) is 20.8. The first-order valence-electron chi connectivity index (χ1n) is 11.6. The summed E-state index contributed by atoms with van der Waals surface area (Å²) in [5.74, 6) is 2.43. The molecule has 0 unspecified atom stereocenters. The van der Waals surface area contributed by atoms with E-state index >= 15 is 0 Å². The molecule has 3 rings (SSSR count). The highest BCUT2D eigenvalue weighted by atomic mass is 19.1. The van der Waals surface area contributed by atoms with Crippen LogP contribution in [0, 0.1) is 29.4 Å². The van der Waals surface area contributed by atoms with Gasteiger partial charge in [0, 0.05) is 5.56 Å². The molecular formula is C25H38F2. The molecule has 0 aliphatic heterocycles. The molecule has 152 valence electrons. The second-order valence-corrected chi connectivity index (χ2v) is 9.25. The highest BCUT2D eigenvalue weighted by molar-refractivity contribution is 5.29. The smallest absolute Gasteiger partial charge is 0.129 e. The van der Waals surface area contributed by atoms with E-state index in [0.29, 0.717) is 12.3 Å². The quantitative estimate of drug-likeness (QED) is 0.450. The first-order chi connectivity index (χ1) is 13.1. The minimum absolute atomic E-state index is 0.290. The molecule has 0 bridgehead atoms. The average molecular weight is 377 g/mol. The second kappa shape index (κ2) is 10.0. The van der Waals surface area contributed by atoms with Crippen LogP contribution < -0.4 is 0 Å². The Morgan fingerprint density at radius 2 is 1.33 bits per heavy atom. The van der Waals surface area contributed by atoms with E-state index in [1.807, 2.05) is 0 Å². The second-order valence-electron chi connectivity index (χ2n) is 9.25. The van der Waals surface area contributed by atoms with E-state index in [-0.39, 0.29) is 17.2 Å². The minimum Gasteiger partial charge on any atom is -0.207 e. The SMILES string of the molecule is CCCCc1c(F)cc(C2CCC(C3CCC(CCC)CC3)CC2)cc1F. The van der Waals surface area contributed by atoms with Crippen molar-refractivity contribution in [1.82, 2.24) is 0 Å². The van der Waals surface area contributed by atoms with E-state index in [0.717, 1.165) is 49.0 Å². The van der Waals surface area contributed by atoms with Crippen LogP contribution in [0.15, 0.2) is 12.1 Å². The first-order valence-corrected chi connectivity index (χ1v) is 11.6. The van der Waals surface area contributed by atoms with E-state index in [4.69, 9.17) is 0 Å². The van der Waals surface area contributed by atoms with Crippen LogP contribution in [0.3, 0.4) is 0 Å². The molecular weight excluding hydrogens is 338 g/mol. The monoisotopic (exact) mass is 376 g/mol. The molecule has 27 heavy (non-hydrogen) atoms. The van der Waals surface area contributed by atoms with Crippen molar-refractivity contribution in [1.29, 1.82) is 0 Å². The van der Waals surface area contributed by atoms with Crippen molar-refractivity contribution in [3.05, 3.63) is 34.9 Å². The molecule has 1 aromatic rings. The predicted octanol–water partition coefficient (Wildman–Crippen LogP) is 8.19. The lowest BCUT2D eigenvalue weighted by atomic mass is 9.68. The third kappa shape index (κ3) is 5.33. The van der Waals surface area contributed by atoms with Crippen LogP contribution in [0.5, 0.6) is 0 Å². The zero-order valence-corrected chi connectivity index (χ0v) is 17.4. The molecule has 2 saturated carbocycles. The van der Waals surface area contributed by atoms with Gasteiger partial charge in [0.15, 0.2) is 0 Å². The van der Waals surface area contributed by atoms with Gasteiger partial charge in [0.1, 0.15) is 11.6 Å². The van der Waals surface area contributed by atoms with Gasteiger partial charge < -0.3 is 0 Å². The normalized spacial score (nSPS) is 29.0. The number of halogens is 2. The van der Waals surface area contributed by atoms with Gasteiger partial charge in [-0.3, -0.25) is 0 Å². The van der Waals surface area contributed by atoms with Gasteiger partial charge in [-0.1, -0.05) is 46.0 Å². The fraction of sp³-hybridized carbons (Fsp3) is 0.760. The van der Waals surface area contributed by atoms with Gasteiger partial charge in [0.05, 0.1) is 0 Å². The Kier molecular flexibility index (Phi) is 7.73. The standard InChI is InChI=1S/C25H38F2/c1-3-5-7-23-24(26)16-22(17-25(23)27)21-14-12-20(13-15-21)19-10-8-18(6-4-2)9-11-19/h16-21H,3-15H2,1-2H3. The summed E-state index contributed by atoms with van der Waals surface area (Å²) in [6.45, 7) is 4.36. The van der Waals surface area contributed by atoms with E-state index in [1.165, 1.54) is 51.4 Å². The number of hydrogen-bond acceptors (Lipinski definition) is 0. The van der Waals surface area contributed by atoms with E-state index in [9.17, 15) is 8.78 Å². The minimum atomic E-state index is -0.324. The molecule has 0 aromatic heterocycles. The third-order valence-corrected chi connectivity index (χ3v) is 7.44. The summed E-state index contributed by atoms with van der Waals surface area (Å²) in [4.78, 5) is 0. The van der Waals surface area contributed by atoms with Crippen LogP contribution in [0.4, 0.5) is 8.78 Å². The third-order valence-electron chi connectivity index (χ3n) is 7.44. The van der Waals surface area contributed by atoms with Crippen molar-refractivity contribution < 1.29 is 8.78 Å². The Morgan fingerprint density at radius 1 is 0.778 bits per heavy atom. The van der Waals surface area contributed by atoms with Crippen molar-refractivity contribution >= 4 is 0 Å². The maximum Gasteiger partial charge on any atom is 0.129 e. The van der Waals surface area contributed by atoms with E-state index < -0.39 is 0 Å². The molecule has 0 amide bonds. The predicted molar refractivity (Wildman–Crippen MR) is 110 cm³/mol. The van der Waals surface area contributed by atoms with Gasteiger partial charge in [-0.05, 0) is 92.7 Å². The molecule has 0 nitrogen and oxygen atoms in total. The summed E-state index contributed by atoms with van der Waals surface area (Å²) in [7, 11) is 0. The topological polar surface area (TPSA) is 0 Å². The summed E-state index contributed by atoms with van der Waals surface area (Å²) in [5, 5.41) is 0. The number of unbranched alkanes of at least 4 members (excludes halogenated alkanes) is 1. The van der Waals surface area contributed by atoms with Crippen LogP contribution >= 0.6 is 0 Å². The molecule has 0 radical (unpaired) electrons. The van der Waals surface area contributed by atoms with E-state index in [2.05, 4.69) is 13.8 Å². The van der Waals surface area contributed by atoms with Crippen molar-refractivity contribution in [2.24, 2.45) is 17.8 Å². The van der Waals surface area contributed by atoms with Crippen molar-refractivity contribution in [2.45, 2.75) is 103 Å². The van der Waals surface area contributed by atoms with Crippen LogP contribution in [0.2, 0.25) is 0 Å². The molecule has 2 fully saturated rings. The van der Waals surface area contributed by atoms with Crippen LogP contribution in [-0.4, -0.2) is 0 Å². The molecule has 0 heterocycles. The Bertz CT molecular complexity index is 555. The average Bonchev–Trinajstić information content (AvgIpc) is 2.68. The number of hydrogen-bond donors (Lipinski definition) is 0. The van der Waals surface area contributed by atoms with Gasteiger partial charge in [-0.2, -0.15) is 0 Å². The fourth-order valence-corrected chi connectivity index (χ4v) is 5.73. The molecule has 0 saturated heterocycles. The Labute approximate surface area is 165 Å². The molecule has 2 aliphatic rings. The lowest BCUT2D eigenvalue weighted by Gasteiger charge is -2.38. The molecule has 0 atom stereocenters. The largest absolute Gasteiger partial charge is 0.207 e. The summed E-state index contributed by atoms with van der Waals surface area (Å²) >= 11 is 0. The summed E-state index contributed by atoms with van der Waals surface area (Å²) in [6.07, 6.45) is 15.4. The van der Waals surface area contributed by atoms with Gasteiger partial charge in [0.25, 0.3) is 0 Å². The van der Waals surface area contributed by atoms with Crippen molar-refractivity contribution in [3.8, 4) is 0 Å². The van der Waals surface area contributed by atoms with Gasteiger partial charge in [0.2, 0.25) is 0 Å². The van der Waals surface area contributed by atoms with E-state index in [1.54, 1.807) is 12.1 Å². The number of rotatable bonds is 7. The van der Waals surface area contributed by atoms with Crippen LogP contribution in [-0.2, 0) is 6.42 Å². The number of benzene rings is 1. The van der Waals surface area contributed by atoms with Crippen LogP contribution in [0.25, 0.3) is 0 Å². The zero-order valence-electron chi connectivity index (χ0n) is 17.4. The Balaban J connectivity index is 1.53. The van der Waals surface area contributed by atoms with Gasteiger partial charge >= 0.3 is 0 Å². The van der Waals surface area contributed by atoms with Crippen molar-refractivity contribution in [2.75, 3.05) is 0 Å². The Hall–Kier alpha value is -0.920. The maximum atomic E-state index is 14.4. The fourth-order valence-electron chi connectivity index (χ4n) is 5.73. The van der Waals surface area contributed by atoms with Gasteiger partial charge in [-0.15, -0.1) is 0 Å². The molecule has 0 N–H and O–H groups in total. The molecule has 2 aliphatic carbocycles. The van der Waals surface area contributed by atoms with Crippen molar-refractivity contribution in [3.63, 3.8) is 0 Å². The summed E-state index contributed by atoms with van der Waals surface area (Å²) in [6, 6.07) is 3.27. The zero-order chi connectivity index (χ0) is 19.2. The highest BCUT2D eigenvalue weighted by Gasteiger charge is 2.31. The summed E-state index contributed by atoms with van der Waals surface area (Å²) < 4.78 is 28.8. The molecule has 1 aromatic carbocycles. The highest BCUT2D eigenvalue weighted by Crippen LogP contribution is 2.44. The molecule has 0 spiro atoms. The molecule has 2 heteroatoms. The van der Waals surface area contributed by atoms with Crippen LogP contribution in [0.1, 0.15) is 108 Å².